The quantitative estimate of drug-likeness (QED) is 0.864. The lowest BCUT2D eigenvalue weighted by molar-refractivity contribution is 0.615. The van der Waals surface area contributed by atoms with Crippen molar-refractivity contribution in [2.75, 3.05) is 11.9 Å². The Balaban J connectivity index is 1.49. The van der Waals surface area contributed by atoms with Crippen LogP contribution in [0.4, 0.5) is 5.69 Å². The van der Waals surface area contributed by atoms with Gasteiger partial charge in [0.2, 0.25) is 0 Å². The molecule has 2 nitrogen and oxygen atoms in total. The molecule has 0 radical (unpaired) electrons. The molecule has 0 amide bonds. The number of fused-ring (bicyclic) bond motifs is 1. The van der Waals surface area contributed by atoms with Crippen LogP contribution in [0, 0.1) is 0 Å². The third-order valence-corrected chi connectivity index (χ3v) is 3.88. The zero-order valence-corrected chi connectivity index (χ0v) is 10.5. The van der Waals surface area contributed by atoms with E-state index in [0.29, 0.717) is 6.04 Å². The highest BCUT2D eigenvalue weighted by Crippen LogP contribution is 2.24. The number of hydrogen-bond acceptors (Lipinski definition) is 3. The molecule has 1 aromatic carbocycles. The first-order valence-electron chi connectivity index (χ1n) is 5.98. The number of thiophene rings is 1. The van der Waals surface area contributed by atoms with Gasteiger partial charge in [0.1, 0.15) is 0 Å². The summed E-state index contributed by atoms with van der Waals surface area (Å²) in [4.78, 5) is 0. The number of nitrogens with one attached hydrogen (secondary N) is 2. The summed E-state index contributed by atoms with van der Waals surface area (Å²) in [6.45, 7) is 1.99. The molecular weight excluding hydrogens is 228 g/mol. The molecule has 2 N–H and O–H groups in total. The molecule has 0 saturated heterocycles. The molecule has 2 aromatic rings. The fourth-order valence-electron chi connectivity index (χ4n) is 2.28. The average molecular weight is 244 g/mol. The van der Waals surface area contributed by atoms with E-state index in [4.69, 9.17) is 0 Å². The molecule has 17 heavy (non-hydrogen) atoms. The van der Waals surface area contributed by atoms with Crippen LogP contribution >= 0.6 is 11.3 Å². The molecule has 1 aliphatic heterocycles. The summed E-state index contributed by atoms with van der Waals surface area (Å²) in [6.07, 6.45) is 1.13. The molecule has 2 heterocycles. The average Bonchev–Trinajstić information content (AvgIpc) is 2.96. The van der Waals surface area contributed by atoms with Crippen LogP contribution in [-0.2, 0) is 13.0 Å². The van der Waals surface area contributed by atoms with E-state index in [2.05, 4.69) is 51.7 Å². The second-order valence-corrected chi connectivity index (χ2v) is 5.25. The first-order chi connectivity index (χ1) is 8.42. The summed E-state index contributed by atoms with van der Waals surface area (Å²) in [5.41, 5.74) is 4.12. The van der Waals surface area contributed by atoms with Crippen LogP contribution in [0.25, 0.3) is 0 Å². The maximum atomic E-state index is 3.55. The Morgan fingerprint density at radius 1 is 1.29 bits per heavy atom. The van der Waals surface area contributed by atoms with Gasteiger partial charge in [-0.25, -0.2) is 0 Å². The maximum Gasteiger partial charge on any atom is 0.0427 e. The molecule has 0 aliphatic carbocycles. The van der Waals surface area contributed by atoms with E-state index >= 15 is 0 Å². The molecular formula is C14H16N2S. The topological polar surface area (TPSA) is 24.1 Å². The van der Waals surface area contributed by atoms with Crippen LogP contribution in [0.3, 0.4) is 0 Å². The minimum atomic E-state index is 0.533. The van der Waals surface area contributed by atoms with E-state index < -0.39 is 0 Å². The van der Waals surface area contributed by atoms with Gasteiger partial charge in [-0.15, -0.1) is 0 Å². The third kappa shape index (κ3) is 2.51. The van der Waals surface area contributed by atoms with Gasteiger partial charge in [-0.2, -0.15) is 11.3 Å². The molecule has 1 atom stereocenters. The molecule has 0 saturated carbocycles. The van der Waals surface area contributed by atoms with Crippen molar-refractivity contribution in [3.63, 3.8) is 0 Å². The van der Waals surface area contributed by atoms with Crippen molar-refractivity contribution in [3.05, 3.63) is 52.2 Å². The van der Waals surface area contributed by atoms with E-state index in [-0.39, 0.29) is 0 Å². The largest absolute Gasteiger partial charge is 0.380 e. The summed E-state index contributed by atoms with van der Waals surface area (Å²) >= 11 is 1.76. The summed E-state index contributed by atoms with van der Waals surface area (Å²) < 4.78 is 0. The van der Waals surface area contributed by atoms with E-state index in [0.717, 1.165) is 19.5 Å². The summed E-state index contributed by atoms with van der Waals surface area (Å²) in [7, 11) is 0. The fourth-order valence-corrected chi connectivity index (χ4v) is 2.95. The SMILES string of the molecule is c1ccc2c(c1)CC(CNCc1ccsc1)N2. The van der Waals surface area contributed by atoms with Crippen molar-refractivity contribution in [3.8, 4) is 0 Å². The van der Waals surface area contributed by atoms with Gasteiger partial charge in [-0.3, -0.25) is 0 Å². The first kappa shape index (κ1) is 10.8. The Morgan fingerprint density at radius 3 is 3.06 bits per heavy atom. The molecule has 0 bridgehead atoms. The van der Waals surface area contributed by atoms with E-state index in [1.165, 1.54) is 16.8 Å². The summed E-state index contributed by atoms with van der Waals surface area (Å²) in [5.74, 6) is 0. The van der Waals surface area contributed by atoms with Gasteiger partial charge in [-0.1, -0.05) is 18.2 Å². The molecule has 3 rings (SSSR count). The van der Waals surface area contributed by atoms with Crippen LogP contribution in [0.15, 0.2) is 41.1 Å². The monoisotopic (exact) mass is 244 g/mol. The minimum Gasteiger partial charge on any atom is -0.380 e. The molecule has 88 valence electrons. The Hall–Kier alpha value is -1.32. The Kier molecular flexibility index (Phi) is 3.12. The normalized spacial score (nSPS) is 17.8. The molecule has 0 spiro atoms. The van der Waals surface area contributed by atoms with Crippen molar-refractivity contribution in [1.29, 1.82) is 0 Å². The van der Waals surface area contributed by atoms with E-state index in [9.17, 15) is 0 Å². The highest BCUT2D eigenvalue weighted by molar-refractivity contribution is 7.07. The van der Waals surface area contributed by atoms with Crippen LogP contribution < -0.4 is 10.6 Å². The van der Waals surface area contributed by atoms with Gasteiger partial charge < -0.3 is 10.6 Å². The Labute approximate surface area is 106 Å². The van der Waals surface area contributed by atoms with Crippen LogP contribution in [0.5, 0.6) is 0 Å². The van der Waals surface area contributed by atoms with E-state index in [1.54, 1.807) is 11.3 Å². The second-order valence-electron chi connectivity index (χ2n) is 4.47. The van der Waals surface area contributed by atoms with Gasteiger partial charge in [0.05, 0.1) is 0 Å². The summed E-state index contributed by atoms with van der Waals surface area (Å²) in [5, 5.41) is 11.4. The predicted octanol–water partition coefficient (Wildman–Crippen LogP) is 2.87. The van der Waals surface area contributed by atoms with Crippen LogP contribution in [-0.4, -0.2) is 12.6 Å². The van der Waals surface area contributed by atoms with Crippen molar-refractivity contribution in [2.45, 2.75) is 19.0 Å². The van der Waals surface area contributed by atoms with Crippen molar-refractivity contribution in [1.82, 2.24) is 5.32 Å². The highest BCUT2D eigenvalue weighted by atomic mass is 32.1. The van der Waals surface area contributed by atoms with Gasteiger partial charge >= 0.3 is 0 Å². The first-order valence-corrected chi connectivity index (χ1v) is 6.92. The molecule has 1 unspecified atom stereocenters. The number of rotatable bonds is 4. The molecule has 0 fully saturated rings. The highest BCUT2D eigenvalue weighted by Gasteiger charge is 2.18. The number of hydrogen-bond donors (Lipinski definition) is 2. The lowest BCUT2D eigenvalue weighted by Gasteiger charge is -2.11. The lowest BCUT2D eigenvalue weighted by Crippen LogP contribution is -2.30. The minimum absolute atomic E-state index is 0.533. The van der Waals surface area contributed by atoms with Crippen molar-refractivity contribution in [2.24, 2.45) is 0 Å². The number of anilines is 1. The zero-order valence-electron chi connectivity index (χ0n) is 9.65. The van der Waals surface area contributed by atoms with Gasteiger partial charge in [0.25, 0.3) is 0 Å². The zero-order chi connectivity index (χ0) is 11.5. The molecule has 1 aromatic heterocycles. The van der Waals surface area contributed by atoms with Gasteiger partial charge in [0, 0.05) is 24.8 Å². The predicted molar refractivity (Wildman–Crippen MR) is 73.6 cm³/mol. The third-order valence-electron chi connectivity index (χ3n) is 3.14. The van der Waals surface area contributed by atoms with Crippen LogP contribution in [0.2, 0.25) is 0 Å². The van der Waals surface area contributed by atoms with Gasteiger partial charge in [0.15, 0.2) is 0 Å². The fraction of sp³-hybridized carbons (Fsp3) is 0.286. The number of benzene rings is 1. The lowest BCUT2D eigenvalue weighted by atomic mass is 10.1. The van der Waals surface area contributed by atoms with Gasteiger partial charge in [-0.05, 0) is 40.4 Å². The Morgan fingerprint density at radius 2 is 2.24 bits per heavy atom. The molecule has 1 aliphatic rings. The summed E-state index contributed by atoms with van der Waals surface area (Å²) in [6, 6.07) is 11.3. The number of para-hydroxylation sites is 1. The Bertz CT molecular complexity index is 454. The second kappa shape index (κ2) is 4.90. The molecule has 3 heteroatoms. The van der Waals surface area contributed by atoms with Crippen LogP contribution in [0.1, 0.15) is 11.1 Å². The van der Waals surface area contributed by atoms with Crippen molar-refractivity contribution >= 4 is 17.0 Å². The maximum absolute atomic E-state index is 3.55. The van der Waals surface area contributed by atoms with E-state index in [1.807, 2.05) is 0 Å². The van der Waals surface area contributed by atoms with Crippen molar-refractivity contribution < 1.29 is 0 Å². The standard InChI is InChI=1S/C14H16N2S/c1-2-4-14-12(3-1)7-13(16-14)9-15-8-11-5-6-17-10-11/h1-6,10,13,15-16H,7-9H2. The smallest absolute Gasteiger partial charge is 0.0427 e.